The van der Waals surface area contributed by atoms with Crippen molar-refractivity contribution in [2.45, 2.75) is 25.7 Å². The Labute approximate surface area is 159 Å². The number of rotatable bonds is 7. The molecule has 7 heteroatoms. The van der Waals surface area contributed by atoms with Crippen LogP contribution in [0, 0.1) is 0 Å². The molecule has 144 valence electrons. The number of ether oxygens (including phenoxy) is 2. The molecule has 0 unspecified atom stereocenters. The third-order valence-corrected chi connectivity index (χ3v) is 4.37. The van der Waals surface area contributed by atoms with Crippen molar-refractivity contribution in [3.8, 4) is 5.75 Å². The van der Waals surface area contributed by atoms with Gasteiger partial charge >= 0.3 is 6.03 Å². The fourth-order valence-electron chi connectivity index (χ4n) is 3.09. The number of urea groups is 1. The van der Waals surface area contributed by atoms with Crippen LogP contribution in [0.5, 0.6) is 5.75 Å². The summed E-state index contributed by atoms with van der Waals surface area (Å²) in [7, 11) is 2.02. The minimum absolute atomic E-state index is 0.0177. The number of hydrogen-bond acceptors (Lipinski definition) is 5. The first kappa shape index (κ1) is 19.1. The molecule has 2 aromatic rings. The Hall–Kier alpha value is -2.64. The van der Waals surface area contributed by atoms with E-state index in [1.807, 2.05) is 56.4 Å². The van der Waals surface area contributed by atoms with E-state index in [1.165, 1.54) is 0 Å². The van der Waals surface area contributed by atoms with Gasteiger partial charge in [-0.05, 0) is 50.4 Å². The number of carbonyl (C=O) groups is 1. The SMILES string of the molecule is CCO[C@H]1CN(C)C[C@@H]1NC(=O)Nc1ccc(OCc2ccccn2)cc1. The molecule has 2 amide bonds. The number of aromatic nitrogens is 1. The van der Waals surface area contributed by atoms with Crippen LogP contribution in [-0.4, -0.2) is 54.8 Å². The predicted molar refractivity (Wildman–Crippen MR) is 104 cm³/mol. The van der Waals surface area contributed by atoms with Gasteiger partial charge < -0.3 is 25.0 Å². The Kier molecular flexibility index (Phi) is 6.62. The van der Waals surface area contributed by atoms with E-state index in [-0.39, 0.29) is 18.2 Å². The van der Waals surface area contributed by atoms with Gasteiger partial charge in [0.25, 0.3) is 0 Å². The van der Waals surface area contributed by atoms with Crippen LogP contribution in [0.3, 0.4) is 0 Å². The topological polar surface area (TPSA) is 75.7 Å². The molecule has 0 bridgehead atoms. The van der Waals surface area contributed by atoms with Crippen LogP contribution < -0.4 is 15.4 Å². The summed E-state index contributed by atoms with van der Waals surface area (Å²) >= 11 is 0. The molecule has 1 aromatic heterocycles. The van der Waals surface area contributed by atoms with Gasteiger partial charge in [-0.25, -0.2) is 4.79 Å². The summed E-state index contributed by atoms with van der Waals surface area (Å²) in [6.45, 7) is 4.60. The van der Waals surface area contributed by atoms with Crippen molar-refractivity contribution in [2.75, 3.05) is 32.1 Å². The molecular formula is C20H26N4O3. The van der Waals surface area contributed by atoms with Gasteiger partial charge in [0.15, 0.2) is 0 Å². The molecule has 2 atom stereocenters. The Balaban J connectivity index is 1.48. The second-order valence-corrected chi connectivity index (χ2v) is 6.55. The molecule has 0 aliphatic carbocycles. The zero-order valence-electron chi connectivity index (χ0n) is 15.7. The molecule has 1 fully saturated rings. The van der Waals surface area contributed by atoms with E-state index in [0.717, 1.165) is 24.5 Å². The van der Waals surface area contributed by atoms with Crippen LogP contribution in [0.4, 0.5) is 10.5 Å². The van der Waals surface area contributed by atoms with Crippen molar-refractivity contribution >= 4 is 11.7 Å². The van der Waals surface area contributed by atoms with E-state index in [0.29, 0.717) is 18.9 Å². The van der Waals surface area contributed by atoms with E-state index in [2.05, 4.69) is 20.5 Å². The monoisotopic (exact) mass is 370 g/mol. The lowest BCUT2D eigenvalue weighted by atomic mass is 10.2. The maximum absolute atomic E-state index is 12.3. The van der Waals surface area contributed by atoms with Crippen molar-refractivity contribution in [3.63, 3.8) is 0 Å². The van der Waals surface area contributed by atoms with E-state index in [9.17, 15) is 4.79 Å². The summed E-state index contributed by atoms with van der Waals surface area (Å²) in [5.41, 5.74) is 1.57. The highest BCUT2D eigenvalue weighted by Gasteiger charge is 2.32. The number of amides is 2. The third-order valence-electron chi connectivity index (χ3n) is 4.37. The Bertz CT molecular complexity index is 724. The summed E-state index contributed by atoms with van der Waals surface area (Å²) < 4.78 is 11.4. The highest BCUT2D eigenvalue weighted by molar-refractivity contribution is 5.89. The Morgan fingerprint density at radius 3 is 2.74 bits per heavy atom. The molecule has 1 saturated heterocycles. The molecule has 1 aliphatic heterocycles. The summed E-state index contributed by atoms with van der Waals surface area (Å²) in [5.74, 6) is 0.723. The molecule has 0 saturated carbocycles. The molecule has 0 radical (unpaired) electrons. The van der Waals surface area contributed by atoms with Crippen LogP contribution in [0.15, 0.2) is 48.7 Å². The first-order chi connectivity index (χ1) is 13.1. The molecule has 2 N–H and O–H groups in total. The number of benzene rings is 1. The van der Waals surface area contributed by atoms with Crippen LogP contribution >= 0.6 is 0 Å². The maximum Gasteiger partial charge on any atom is 0.319 e. The van der Waals surface area contributed by atoms with E-state index < -0.39 is 0 Å². The summed E-state index contributed by atoms with van der Waals surface area (Å²) in [4.78, 5) is 18.7. The van der Waals surface area contributed by atoms with E-state index >= 15 is 0 Å². The van der Waals surface area contributed by atoms with Crippen molar-refractivity contribution in [3.05, 3.63) is 54.4 Å². The molecule has 0 spiro atoms. The molecule has 3 rings (SSSR count). The lowest BCUT2D eigenvalue weighted by molar-refractivity contribution is 0.0568. The van der Waals surface area contributed by atoms with Crippen LogP contribution in [0.1, 0.15) is 12.6 Å². The van der Waals surface area contributed by atoms with Gasteiger partial charge in [0, 0.05) is 31.6 Å². The first-order valence-electron chi connectivity index (χ1n) is 9.14. The number of likely N-dealkylation sites (tertiary alicyclic amines) is 1. The number of carbonyl (C=O) groups excluding carboxylic acids is 1. The van der Waals surface area contributed by atoms with Crippen molar-refractivity contribution in [1.29, 1.82) is 0 Å². The summed E-state index contributed by atoms with van der Waals surface area (Å²) in [5, 5.41) is 5.85. The Morgan fingerprint density at radius 1 is 1.22 bits per heavy atom. The molecule has 1 aliphatic rings. The fourth-order valence-corrected chi connectivity index (χ4v) is 3.09. The van der Waals surface area contributed by atoms with Crippen LogP contribution in [0.2, 0.25) is 0 Å². The standard InChI is InChI=1S/C20H26N4O3/c1-3-26-19-13-24(2)12-18(19)23-20(25)22-15-7-9-17(10-8-15)27-14-16-6-4-5-11-21-16/h4-11,18-19H,3,12-14H2,1-2H3,(H2,22,23,25)/t18-,19-/m0/s1. The lowest BCUT2D eigenvalue weighted by Crippen LogP contribution is -2.45. The van der Waals surface area contributed by atoms with Crippen molar-refractivity contribution < 1.29 is 14.3 Å². The largest absolute Gasteiger partial charge is 0.487 e. The molecule has 27 heavy (non-hydrogen) atoms. The second-order valence-electron chi connectivity index (χ2n) is 6.55. The number of pyridine rings is 1. The number of nitrogens with one attached hydrogen (secondary N) is 2. The zero-order valence-corrected chi connectivity index (χ0v) is 15.7. The van der Waals surface area contributed by atoms with E-state index in [1.54, 1.807) is 6.20 Å². The highest BCUT2D eigenvalue weighted by atomic mass is 16.5. The van der Waals surface area contributed by atoms with Gasteiger partial charge in [0.2, 0.25) is 0 Å². The minimum Gasteiger partial charge on any atom is -0.487 e. The molecular weight excluding hydrogens is 344 g/mol. The maximum atomic E-state index is 12.3. The smallest absolute Gasteiger partial charge is 0.319 e. The van der Waals surface area contributed by atoms with Crippen molar-refractivity contribution in [2.24, 2.45) is 0 Å². The number of likely N-dealkylation sites (N-methyl/N-ethyl adjacent to an activating group) is 1. The quantitative estimate of drug-likeness (QED) is 0.783. The van der Waals surface area contributed by atoms with Gasteiger partial charge in [-0.1, -0.05) is 6.07 Å². The second kappa shape index (κ2) is 9.34. The van der Waals surface area contributed by atoms with Gasteiger partial charge in [0.05, 0.1) is 17.8 Å². The van der Waals surface area contributed by atoms with Gasteiger partial charge in [0.1, 0.15) is 12.4 Å². The fraction of sp³-hybridized carbons (Fsp3) is 0.400. The normalized spacial score (nSPS) is 19.6. The molecule has 2 heterocycles. The van der Waals surface area contributed by atoms with Crippen LogP contribution in [0.25, 0.3) is 0 Å². The van der Waals surface area contributed by atoms with Crippen molar-refractivity contribution in [1.82, 2.24) is 15.2 Å². The number of anilines is 1. The molecule has 7 nitrogen and oxygen atoms in total. The number of nitrogens with zero attached hydrogens (tertiary/aromatic N) is 2. The summed E-state index contributed by atoms with van der Waals surface area (Å²) in [6.07, 6.45) is 1.76. The van der Waals surface area contributed by atoms with E-state index in [4.69, 9.17) is 9.47 Å². The third kappa shape index (κ3) is 5.67. The average Bonchev–Trinajstić information content (AvgIpc) is 3.01. The number of hydrogen-bond donors (Lipinski definition) is 2. The highest BCUT2D eigenvalue weighted by Crippen LogP contribution is 2.17. The Morgan fingerprint density at radius 2 is 2.04 bits per heavy atom. The van der Waals surface area contributed by atoms with Gasteiger partial charge in [-0.3, -0.25) is 4.98 Å². The minimum atomic E-state index is -0.234. The predicted octanol–water partition coefficient (Wildman–Crippen LogP) is 2.50. The van der Waals surface area contributed by atoms with Crippen LogP contribution in [-0.2, 0) is 11.3 Å². The molecule has 1 aromatic carbocycles. The summed E-state index contributed by atoms with van der Waals surface area (Å²) in [6, 6.07) is 12.7. The first-order valence-corrected chi connectivity index (χ1v) is 9.14. The van der Waals surface area contributed by atoms with Gasteiger partial charge in [-0.15, -0.1) is 0 Å². The van der Waals surface area contributed by atoms with Gasteiger partial charge in [-0.2, -0.15) is 0 Å². The lowest BCUT2D eigenvalue weighted by Gasteiger charge is -2.20. The zero-order chi connectivity index (χ0) is 19.1. The average molecular weight is 370 g/mol.